The third kappa shape index (κ3) is 3.21. The van der Waals surface area contributed by atoms with E-state index >= 15 is 0 Å². The smallest absolute Gasteiger partial charge is 0.252 e. The second kappa shape index (κ2) is 5.96. The minimum absolute atomic E-state index is 0.0242. The molecule has 0 radical (unpaired) electrons. The van der Waals surface area contributed by atoms with E-state index < -0.39 is 5.54 Å². The fourth-order valence-corrected chi connectivity index (χ4v) is 3.01. The summed E-state index contributed by atoms with van der Waals surface area (Å²) >= 11 is 0. The highest BCUT2D eigenvalue weighted by Crippen LogP contribution is 2.32. The molecule has 20 heavy (non-hydrogen) atoms. The van der Waals surface area contributed by atoms with Crippen LogP contribution >= 0.6 is 0 Å². The summed E-state index contributed by atoms with van der Waals surface area (Å²) in [6.45, 7) is 6.23. The van der Waals surface area contributed by atoms with Gasteiger partial charge in [-0.2, -0.15) is 0 Å². The van der Waals surface area contributed by atoms with E-state index in [0.29, 0.717) is 11.5 Å². The van der Waals surface area contributed by atoms with Gasteiger partial charge < -0.3 is 10.4 Å². The maximum atomic E-state index is 12.5. The van der Waals surface area contributed by atoms with Crippen LogP contribution in [0.25, 0.3) is 0 Å². The number of amides is 1. The predicted octanol–water partition coefficient (Wildman–Crippen LogP) is 2.97. The van der Waals surface area contributed by atoms with Gasteiger partial charge in [0, 0.05) is 5.56 Å². The summed E-state index contributed by atoms with van der Waals surface area (Å²) < 4.78 is 0. The molecule has 1 amide bonds. The molecule has 0 heterocycles. The number of benzene rings is 1. The number of aliphatic hydroxyl groups excluding tert-OH is 1. The molecule has 0 aromatic heterocycles. The Hall–Kier alpha value is -1.35. The Balaban J connectivity index is 2.13. The first-order valence-electron chi connectivity index (χ1n) is 7.46. The van der Waals surface area contributed by atoms with Gasteiger partial charge in [0.2, 0.25) is 0 Å². The normalized spacial score (nSPS) is 26.3. The summed E-state index contributed by atoms with van der Waals surface area (Å²) in [4.78, 5) is 12.5. The molecule has 3 heteroatoms. The standard InChI is InChI=1S/C17H25NO2/c1-12-6-8-17(11-19,9-7-12)18-16(20)15-5-4-13(2)10-14(15)3/h4-5,10,12,19H,6-9,11H2,1-3H3,(H,18,20). The molecule has 1 saturated carbocycles. The topological polar surface area (TPSA) is 49.3 Å². The largest absolute Gasteiger partial charge is 0.394 e. The third-order valence-corrected chi connectivity index (χ3v) is 4.54. The summed E-state index contributed by atoms with van der Waals surface area (Å²) in [6, 6.07) is 5.84. The monoisotopic (exact) mass is 275 g/mol. The number of nitrogens with one attached hydrogen (secondary N) is 1. The molecule has 1 aliphatic rings. The molecule has 0 atom stereocenters. The zero-order valence-corrected chi connectivity index (χ0v) is 12.7. The number of carbonyl (C=O) groups is 1. The van der Waals surface area contributed by atoms with Crippen LogP contribution in [0.15, 0.2) is 18.2 Å². The molecule has 1 aliphatic carbocycles. The molecule has 0 aliphatic heterocycles. The van der Waals surface area contributed by atoms with Gasteiger partial charge in [0.1, 0.15) is 0 Å². The Kier molecular flexibility index (Phi) is 4.48. The van der Waals surface area contributed by atoms with Gasteiger partial charge in [0.15, 0.2) is 0 Å². The second-order valence-corrected chi connectivity index (χ2v) is 6.39. The van der Waals surface area contributed by atoms with Crippen LogP contribution in [0, 0.1) is 19.8 Å². The number of carbonyl (C=O) groups excluding carboxylic acids is 1. The van der Waals surface area contributed by atoms with Gasteiger partial charge >= 0.3 is 0 Å². The summed E-state index contributed by atoms with van der Waals surface area (Å²) in [5.41, 5.74) is 2.42. The third-order valence-electron chi connectivity index (χ3n) is 4.54. The summed E-state index contributed by atoms with van der Waals surface area (Å²) in [7, 11) is 0. The zero-order valence-electron chi connectivity index (χ0n) is 12.7. The van der Waals surface area contributed by atoms with Gasteiger partial charge in [-0.1, -0.05) is 24.6 Å². The van der Waals surface area contributed by atoms with E-state index in [2.05, 4.69) is 12.2 Å². The summed E-state index contributed by atoms with van der Waals surface area (Å²) in [5.74, 6) is 0.624. The van der Waals surface area contributed by atoms with Crippen LogP contribution in [0.4, 0.5) is 0 Å². The number of hydrogen-bond donors (Lipinski definition) is 2. The minimum Gasteiger partial charge on any atom is -0.394 e. The molecule has 1 aromatic rings. The van der Waals surface area contributed by atoms with E-state index in [1.807, 2.05) is 32.0 Å². The number of aryl methyl sites for hydroxylation is 2. The molecule has 2 rings (SSSR count). The Labute approximate surface area is 121 Å². The van der Waals surface area contributed by atoms with Crippen molar-refractivity contribution in [3.63, 3.8) is 0 Å². The Morgan fingerprint density at radius 3 is 2.55 bits per heavy atom. The Morgan fingerprint density at radius 1 is 1.35 bits per heavy atom. The van der Waals surface area contributed by atoms with Crippen molar-refractivity contribution in [1.29, 1.82) is 0 Å². The lowest BCUT2D eigenvalue weighted by molar-refractivity contribution is 0.0716. The lowest BCUT2D eigenvalue weighted by Gasteiger charge is -2.38. The van der Waals surface area contributed by atoms with E-state index in [-0.39, 0.29) is 12.5 Å². The van der Waals surface area contributed by atoms with Gasteiger partial charge in [-0.3, -0.25) is 4.79 Å². The van der Waals surface area contributed by atoms with E-state index in [0.717, 1.165) is 36.8 Å². The van der Waals surface area contributed by atoms with Crippen molar-refractivity contribution in [2.75, 3.05) is 6.61 Å². The average molecular weight is 275 g/mol. The van der Waals surface area contributed by atoms with E-state index in [1.54, 1.807) is 0 Å². The molecule has 3 nitrogen and oxygen atoms in total. The lowest BCUT2D eigenvalue weighted by Crippen LogP contribution is -2.53. The maximum Gasteiger partial charge on any atom is 0.252 e. The highest BCUT2D eigenvalue weighted by Gasteiger charge is 2.35. The van der Waals surface area contributed by atoms with Gasteiger partial charge in [-0.05, 0) is 57.1 Å². The van der Waals surface area contributed by atoms with Crippen molar-refractivity contribution in [2.45, 2.75) is 52.0 Å². The first-order chi connectivity index (χ1) is 9.46. The van der Waals surface area contributed by atoms with Crippen molar-refractivity contribution in [3.8, 4) is 0 Å². The van der Waals surface area contributed by atoms with Gasteiger partial charge in [-0.25, -0.2) is 0 Å². The van der Waals surface area contributed by atoms with E-state index in [9.17, 15) is 9.90 Å². The average Bonchev–Trinajstić information content (AvgIpc) is 2.41. The van der Waals surface area contributed by atoms with E-state index in [1.165, 1.54) is 0 Å². The molecular formula is C17H25NO2. The fourth-order valence-electron chi connectivity index (χ4n) is 3.01. The van der Waals surface area contributed by atoms with Crippen LogP contribution in [-0.2, 0) is 0 Å². The van der Waals surface area contributed by atoms with Crippen LogP contribution < -0.4 is 5.32 Å². The van der Waals surface area contributed by atoms with Crippen molar-refractivity contribution in [1.82, 2.24) is 5.32 Å². The van der Waals surface area contributed by atoms with Gasteiger partial charge in [0.05, 0.1) is 12.1 Å². The molecule has 1 aromatic carbocycles. The molecule has 2 N–H and O–H groups in total. The second-order valence-electron chi connectivity index (χ2n) is 6.39. The quantitative estimate of drug-likeness (QED) is 0.891. The predicted molar refractivity (Wildman–Crippen MR) is 80.8 cm³/mol. The Morgan fingerprint density at radius 2 is 2.00 bits per heavy atom. The SMILES string of the molecule is Cc1ccc(C(=O)NC2(CO)CCC(C)CC2)c(C)c1. The number of hydrogen-bond acceptors (Lipinski definition) is 2. The number of aliphatic hydroxyl groups is 1. The van der Waals surface area contributed by atoms with E-state index in [4.69, 9.17) is 0 Å². The maximum absolute atomic E-state index is 12.5. The van der Waals surface area contributed by atoms with Crippen molar-refractivity contribution < 1.29 is 9.90 Å². The summed E-state index contributed by atoms with van der Waals surface area (Å²) in [5, 5.41) is 12.8. The summed E-state index contributed by atoms with van der Waals surface area (Å²) in [6.07, 6.45) is 3.85. The molecule has 0 unspecified atom stereocenters. The van der Waals surface area contributed by atoms with Crippen LogP contribution in [0.2, 0.25) is 0 Å². The fraction of sp³-hybridized carbons (Fsp3) is 0.588. The first-order valence-corrected chi connectivity index (χ1v) is 7.46. The minimum atomic E-state index is -0.430. The molecule has 0 spiro atoms. The van der Waals surface area contributed by atoms with Crippen LogP contribution in [0.3, 0.4) is 0 Å². The van der Waals surface area contributed by atoms with Gasteiger partial charge in [0.25, 0.3) is 5.91 Å². The zero-order chi connectivity index (χ0) is 14.8. The molecule has 1 fully saturated rings. The van der Waals surface area contributed by atoms with Gasteiger partial charge in [-0.15, -0.1) is 0 Å². The molecule has 110 valence electrons. The van der Waals surface area contributed by atoms with Crippen LogP contribution in [0.5, 0.6) is 0 Å². The molecule has 0 saturated heterocycles. The molecule has 0 bridgehead atoms. The first kappa shape index (κ1) is 15.0. The van der Waals surface area contributed by atoms with Crippen LogP contribution in [-0.4, -0.2) is 23.2 Å². The lowest BCUT2D eigenvalue weighted by atomic mass is 9.77. The highest BCUT2D eigenvalue weighted by atomic mass is 16.3. The van der Waals surface area contributed by atoms with Crippen molar-refractivity contribution in [3.05, 3.63) is 34.9 Å². The highest BCUT2D eigenvalue weighted by molar-refractivity contribution is 5.96. The Bertz CT molecular complexity index is 488. The van der Waals surface area contributed by atoms with Crippen molar-refractivity contribution >= 4 is 5.91 Å². The molecular weight excluding hydrogens is 250 g/mol. The number of rotatable bonds is 3. The van der Waals surface area contributed by atoms with Crippen LogP contribution in [0.1, 0.15) is 54.1 Å². The van der Waals surface area contributed by atoms with Crippen molar-refractivity contribution in [2.24, 2.45) is 5.92 Å².